The fourth-order valence-electron chi connectivity index (χ4n) is 1.26. The molecule has 0 aliphatic heterocycles. The van der Waals surface area contributed by atoms with Crippen molar-refractivity contribution in [3.05, 3.63) is 34.2 Å². The second kappa shape index (κ2) is 5.83. The maximum Gasteiger partial charge on any atom is 0.255 e. The van der Waals surface area contributed by atoms with Gasteiger partial charge in [-0.05, 0) is 6.07 Å². The van der Waals surface area contributed by atoms with Gasteiger partial charge in [0.1, 0.15) is 0 Å². The SMILES string of the molecule is CNC(=O)CCN(C)C(=O)c1ccc(=O)[nH]c1. The van der Waals surface area contributed by atoms with Gasteiger partial charge in [0.15, 0.2) is 0 Å². The van der Waals surface area contributed by atoms with Crippen LogP contribution in [0.1, 0.15) is 16.8 Å². The summed E-state index contributed by atoms with van der Waals surface area (Å²) in [4.78, 5) is 37.5. The highest BCUT2D eigenvalue weighted by atomic mass is 16.2. The first-order valence-electron chi connectivity index (χ1n) is 5.19. The molecule has 0 aliphatic carbocycles. The first-order valence-corrected chi connectivity index (χ1v) is 5.19. The Kier molecular flexibility index (Phi) is 4.45. The summed E-state index contributed by atoms with van der Waals surface area (Å²) in [5, 5.41) is 2.48. The van der Waals surface area contributed by atoms with E-state index in [4.69, 9.17) is 0 Å². The van der Waals surface area contributed by atoms with Crippen molar-refractivity contribution in [2.75, 3.05) is 20.6 Å². The van der Waals surface area contributed by atoms with Crippen LogP contribution in [0.2, 0.25) is 0 Å². The van der Waals surface area contributed by atoms with Crippen LogP contribution in [0.4, 0.5) is 0 Å². The Morgan fingerprint density at radius 3 is 2.65 bits per heavy atom. The second-order valence-electron chi connectivity index (χ2n) is 3.59. The zero-order valence-electron chi connectivity index (χ0n) is 9.82. The molecule has 0 fully saturated rings. The molecule has 2 N–H and O–H groups in total. The zero-order valence-corrected chi connectivity index (χ0v) is 9.82. The fourth-order valence-corrected chi connectivity index (χ4v) is 1.26. The van der Waals surface area contributed by atoms with Gasteiger partial charge in [-0.2, -0.15) is 0 Å². The Bertz CT molecular complexity index is 447. The Morgan fingerprint density at radius 2 is 2.12 bits per heavy atom. The van der Waals surface area contributed by atoms with E-state index in [2.05, 4.69) is 10.3 Å². The van der Waals surface area contributed by atoms with E-state index in [1.54, 1.807) is 14.1 Å². The molecule has 0 aromatic carbocycles. The number of carbonyl (C=O) groups excluding carboxylic acids is 2. The molecule has 1 aromatic rings. The predicted molar refractivity (Wildman–Crippen MR) is 62.7 cm³/mol. The van der Waals surface area contributed by atoms with Crippen LogP contribution in [0, 0.1) is 0 Å². The lowest BCUT2D eigenvalue weighted by Gasteiger charge is -2.16. The number of hydrogen-bond donors (Lipinski definition) is 2. The first-order chi connectivity index (χ1) is 8.04. The Labute approximate surface area is 98.6 Å². The summed E-state index contributed by atoms with van der Waals surface area (Å²) >= 11 is 0. The molecule has 2 amide bonds. The van der Waals surface area contributed by atoms with Crippen LogP contribution in [0.15, 0.2) is 23.1 Å². The first kappa shape index (κ1) is 13.0. The summed E-state index contributed by atoms with van der Waals surface area (Å²) in [6.07, 6.45) is 1.61. The summed E-state index contributed by atoms with van der Waals surface area (Å²) in [6, 6.07) is 2.75. The van der Waals surface area contributed by atoms with E-state index in [1.807, 2.05) is 0 Å². The maximum atomic E-state index is 11.8. The average Bonchev–Trinajstić information content (AvgIpc) is 2.35. The number of H-pyrrole nitrogens is 1. The van der Waals surface area contributed by atoms with Gasteiger partial charge in [-0.3, -0.25) is 14.4 Å². The Morgan fingerprint density at radius 1 is 1.41 bits per heavy atom. The van der Waals surface area contributed by atoms with Gasteiger partial charge in [0, 0.05) is 39.3 Å². The number of carbonyl (C=O) groups is 2. The van der Waals surface area contributed by atoms with E-state index < -0.39 is 0 Å². The van der Waals surface area contributed by atoms with Crippen molar-refractivity contribution in [1.82, 2.24) is 15.2 Å². The van der Waals surface area contributed by atoms with Crippen LogP contribution < -0.4 is 10.9 Å². The highest BCUT2D eigenvalue weighted by Gasteiger charge is 2.12. The van der Waals surface area contributed by atoms with Gasteiger partial charge < -0.3 is 15.2 Å². The quantitative estimate of drug-likeness (QED) is 0.746. The lowest BCUT2D eigenvalue weighted by atomic mass is 10.2. The summed E-state index contributed by atoms with van der Waals surface area (Å²) in [7, 11) is 3.16. The van der Waals surface area contributed by atoms with Crippen molar-refractivity contribution in [3.63, 3.8) is 0 Å². The van der Waals surface area contributed by atoms with E-state index in [9.17, 15) is 14.4 Å². The molecule has 0 spiro atoms. The van der Waals surface area contributed by atoms with Crippen LogP contribution in [-0.2, 0) is 4.79 Å². The average molecular weight is 237 g/mol. The molecule has 0 unspecified atom stereocenters. The normalized spacial score (nSPS) is 9.76. The zero-order chi connectivity index (χ0) is 12.8. The molecule has 1 aromatic heterocycles. The number of hydrogen-bond acceptors (Lipinski definition) is 3. The van der Waals surface area contributed by atoms with E-state index in [0.29, 0.717) is 12.1 Å². The van der Waals surface area contributed by atoms with Crippen LogP contribution in [0.5, 0.6) is 0 Å². The van der Waals surface area contributed by atoms with Crippen LogP contribution in [-0.4, -0.2) is 42.3 Å². The largest absolute Gasteiger partial charge is 0.359 e. The lowest BCUT2D eigenvalue weighted by Crippen LogP contribution is -2.31. The summed E-state index contributed by atoms with van der Waals surface area (Å²) in [5.74, 6) is -0.351. The molecular formula is C11H15N3O3. The molecule has 1 rings (SSSR count). The minimum absolute atomic E-state index is 0.119. The number of nitrogens with one attached hydrogen (secondary N) is 2. The van der Waals surface area contributed by atoms with Crippen molar-refractivity contribution in [1.29, 1.82) is 0 Å². The third-order valence-corrected chi connectivity index (χ3v) is 2.33. The molecule has 0 saturated carbocycles. The molecule has 0 radical (unpaired) electrons. The monoisotopic (exact) mass is 237 g/mol. The number of amides is 2. The fraction of sp³-hybridized carbons (Fsp3) is 0.364. The number of nitrogens with zero attached hydrogens (tertiary/aromatic N) is 1. The predicted octanol–water partition coefficient (Wildman–Crippen LogP) is -0.417. The van der Waals surface area contributed by atoms with E-state index in [1.165, 1.54) is 23.2 Å². The van der Waals surface area contributed by atoms with Gasteiger partial charge in [0.25, 0.3) is 5.91 Å². The van der Waals surface area contributed by atoms with Crippen molar-refractivity contribution in [2.45, 2.75) is 6.42 Å². The van der Waals surface area contributed by atoms with E-state index in [-0.39, 0.29) is 23.8 Å². The molecule has 0 aliphatic rings. The lowest BCUT2D eigenvalue weighted by molar-refractivity contribution is -0.120. The molecule has 17 heavy (non-hydrogen) atoms. The summed E-state index contributed by atoms with van der Waals surface area (Å²) < 4.78 is 0. The van der Waals surface area contributed by atoms with Gasteiger partial charge in [-0.15, -0.1) is 0 Å². The van der Waals surface area contributed by atoms with E-state index >= 15 is 0 Å². The van der Waals surface area contributed by atoms with Gasteiger partial charge in [0.2, 0.25) is 11.5 Å². The molecule has 1 heterocycles. The van der Waals surface area contributed by atoms with Gasteiger partial charge in [0.05, 0.1) is 5.56 Å². The topological polar surface area (TPSA) is 82.3 Å². The maximum absolute atomic E-state index is 11.8. The van der Waals surface area contributed by atoms with Crippen molar-refractivity contribution in [2.24, 2.45) is 0 Å². The third kappa shape index (κ3) is 3.75. The van der Waals surface area contributed by atoms with Crippen LogP contribution in [0.25, 0.3) is 0 Å². The van der Waals surface area contributed by atoms with Gasteiger partial charge >= 0.3 is 0 Å². The smallest absolute Gasteiger partial charge is 0.255 e. The van der Waals surface area contributed by atoms with Crippen LogP contribution >= 0.6 is 0 Å². The molecular weight excluding hydrogens is 222 g/mol. The van der Waals surface area contributed by atoms with Crippen molar-refractivity contribution >= 4 is 11.8 Å². The summed E-state index contributed by atoms with van der Waals surface area (Å²) in [5.41, 5.74) is 0.138. The van der Waals surface area contributed by atoms with Crippen molar-refractivity contribution in [3.8, 4) is 0 Å². The van der Waals surface area contributed by atoms with E-state index in [0.717, 1.165) is 0 Å². The van der Waals surface area contributed by atoms with Gasteiger partial charge in [-0.25, -0.2) is 0 Å². The minimum atomic E-state index is -0.255. The number of pyridine rings is 1. The van der Waals surface area contributed by atoms with Gasteiger partial charge in [-0.1, -0.05) is 0 Å². The van der Waals surface area contributed by atoms with Crippen LogP contribution in [0.3, 0.4) is 0 Å². The summed E-state index contributed by atoms with van der Waals surface area (Å²) in [6.45, 7) is 0.331. The number of aromatic nitrogens is 1. The second-order valence-corrected chi connectivity index (χ2v) is 3.59. The molecule has 6 nitrogen and oxygen atoms in total. The molecule has 6 heteroatoms. The van der Waals surface area contributed by atoms with Crippen molar-refractivity contribution < 1.29 is 9.59 Å². The Hall–Kier alpha value is -2.11. The molecule has 0 bridgehead atoms. The highest BCUT2D eigenvalue weighted by Crippen LogP contribution is 2.00. The minimum Gasteiger partial charge on any atom is -0.359 e. The standard InChI is InChI=1S/C11H15N3O3/c1-12-9(15)5-6-14(2)11(17)8-3-4-10(16)13-7-8/h3-4,7H,5-6H2,1-2H3,(H,12,15)(H,13,16). The Balaban J connectivity index is 2.60. The molecule has 92 valence electrons. The highest BCUT2D eigenvalue weighted by molar-refractivity contribution is 5.93. The third-order valence-electron chi connectivity index (χ3n) is 2.33. The number of aromatic amines is 1. The molecule has 0 atom stereocenters. The number of rotatable bonds is 4. The molecule has 0 saturated heterocycles.